The zero-order valence-corrected chi connectivity index (χ0v) is 22.6. The van der Waals surface area contributed by atoms with Crippen molar-refractivity contribution < 1.29 is 14.3 Å². The highest BCUT2D eigenvalue weighted by Crippen LogP contribution is 2.24. The molecule has 0 unspecified atom stereocenters. The molecule has 0 fully saturated rings. The predicted octanol–water partition coefficient (Wildman–Crippen LogP) is 6.82. The highest BCUT2D eigenvalue weighted by atomic mass is 79.9. The second kappa shape index (κ2) is 13.6. The molecule has 0 aliphatic rings. The van der Waals surface area contributed by atoms with E-state index in [0.717, 1.165) is 28.8 Å². The van der Waals surface area contributed by atoms with Crippen molar-refractivity contribution in [3.8, 4) is 11.5 Å². The number of nitrogens with one attached hydrogen (secondary N) is 2. The summed E-state index contributed by atoms with van der Waals surface area (Å²) in [6.45, 7) is 1.01. The maximum absolute atomic E-state index is 13.0. The van der Waals surface area contributed by atoms with Gasteiger partial charge in [-0.3, -0.25) is 10.1 Å². The van der Waals surface area contributed by atoms with Gasteiger partial charge in [-0.25, -0.2) is 0 Å². The van der Waals surface area contributed by atoms with E-state index in [4.69, 9.17) is 21.7 Å². The molecule has 1 amide bonds. The number of hydrogen-bond donors (Lipinski definition) is 2. The molecule has 0 atom stereocenters. The van der Waals surface area contributed by atoms with Crippen LogP contribution in [0.5, 0.6) is 11.5 Å². The van der Waals surface area contributed by atoms with Crippen LogP contribution in [-0.2, 0) is 12.8 Å². The van der Waals surface area contributed by atoms with Crippen molar-refractivity contribution in [2.24, 2.45) is 0 Å². The molecule has 37 heavy (non-hydrogen) atoms. The van der Waals surface area contributed by atoms with Crippen molar-refractivity contribution in [2.75, 3.05) is 18.5 Å². The van der Waals surface area contributed by atoms with Crippen LogP contribution in [0.4, 0.5) is 5.69 Å². The van der Waals surface area contributed by atoms with E-state index in [1.165, 1.54) is 11.1 Å². The number of hydrogen-bond acceptors (Lipinski definition) is 4. The van der Waals surface area contributed by atoms with Crippen LogP contribution in [0.3, 0.4) is 0 Å². The fourth-order valence-electron chi connectivity index (χ4n) is 3.66. The van der Waals surface area contributed by atoms with Crippen LogP contribution in [-0.4, -0.2) is 24.2 Å². The fourth-order valence-corrected chi connectivity index (χ4v) is 4.23. The van der Waals surface area contributed by atoms with Crippen LogP contribution in [0, 0.1) is 0 Å². The van der Waals surface area contributed by atoms with E-state index in [9.17, 15) is 4.79 Å². The van der Waals surface area contributed by atoms with Crippen LogP contribution in [0.15, 0.2) is 108 Å². The maximum Gasteiger partial charge on any atom is 0.261 e. The van der Waals surface area contributed by atoms with E-state index >= 15 is 0 Å². The molecule has 0 heterocycles. The molecule has 0 bridgehead atoms. The molecule has 7 heteroatoms. The maximum atomic E-state index is 13.0. The number of ether oxygens (including phenoxy) is 2. The van der Waals surface area contributed by atoms with E-state index in [-0.39, 0.29) is 11.0 Å². The van der Waals surface area contributed by atoms with Gasteiger partial charge < -0.3 is 14.8 Å². The number of thiocarbonyl (C=S) groups is 1. The number of amides is 1. The Morgan fingerprint density at radius 2 is 1.41 bits per heavy atom. The van der Waals surface area contributed by atoms with E-state index in [0.29, 0.717) is 24.5 Å². The van der Waals surface area contributed by atoms with E-state index in [1.807, 2.05) is 78.9 Å². The third kappa shape index (κ3) is 8.44. The van der Waals surface area contributed by atoms with Gasteiger partial charge in [0, 0.05) is 29.1 Å². The van der Waals surface area contributed by atoms with Gasteiger partial charge in [-0.1, -0.05) is 82.7 Å². The molecule has 0 radical (unpaired) electrons. The molecule has 188 valence electrons. The van der Waals surface area contributed by atoms with Gasteiger partial charge in [0.15, 0.2) is 5.11 Å². The van der Waals surface area contributed by atoms with Crippen LogP contribution < -0.4 is 20.1 Å². The summed E-state index contributed by atoms with van der Waals surface area (Å²) in [5.74, 6) is 0.855. The highest BCUT2D eigenvalue weighted by molar-refractivity contribution is 9.10. The predicted molar refractivity (Wildman–Crippen MR) is 156 cm³/mol. The zero-order chi connectivity index (χ0) is 25.9. The smallest absolute Gasteiger partial charge is 0.261 e. The van der Waals surface area contributed by atoms with Crippen LogP contribution in [0.2, 0.25) is 0 Å². The summed E-state index contributed by atoms with van der Waals surface area (Å²) in [6.07, 6.45) is 1.55. The minimum atomic E-state index is -0.358. The lowest BCUT2D eigenvalue weighted by Gasteiger charge is -2.14. The van der Waals surface area contributed by atoms with Gasteiger partial charge in [0.05, 0.1) is 18.8 Å². The van der Waals surface area contributed by atoms with Crippen molar-refractivity contribution in [1.82, 2.24) is 5.32 Å². The van der Waals surface area contributed by atoms with Gasteiger partial charge in [0.2, 0.25) is 0 Å². The van der Waals surface area contributed by atoms with Gasteiger partial charge in [-0.2, -0.15) is 0 Å². The zero-order valence-electron chi connectivity index (χ0n) is 20.2. The van der Waals surface area contributed by atoms with Gasteiger partial charge in [0.25, 0.3) is 5.91 Å². The summed E-state index contributed by atoms with van der Waals surface area (Å²) in [4.78, 5) is 13.0. The van der Waals surface area contributed by atoms with E-state index in [2.05, 4.69) is 38.7 Å². The molecular weight excluding hydrogens is 548 g/mol. The summed E-state index contributed by atoms with van der Waals surface area (Å²) in [5, 5.41) is 5.98. The van der Waals surface area contributed by atoms with Crippen LogP contribution >= 0.6 is 28.1 Å². The van der Waals surface area contributed by atoms with Crippen LogP contribution in [0.1, 0.15) is 21.5 Å². The monoisotopic (exact) mass is 574 g/mol. The minimum absolute atomic E-state index is 0.182. The Hall–Kier alpha value is -3.68. The molecule has 0 aliphatic carbocycles. The number of carbonyl (C=O) groups is 1. The summed E-state index contributed by atoms with van der Waals surface area (Å²) in [7, 11) is 0. The second-order valence-electron chi connectivity index (χ2n) is 8.24. The number of halogens is 1. The minimum Gasteiger partial charge on any atom is -0.493 e. The Bertz CT molecular complexity index is 1330. The third-order valence-corrected chi connectivity index (χ3v) is 6.20. The number of benzene rings is 4. The molecule has 0 aliphatic heterocycles. The topological polar surface area (TPSA) is 59.6 Å². The molecule has 5 nitrogen and oxygen atoms in total. The summed E-state index contributed by atoms with van der Waals surface area (Å²) in [5.41, 5.74) is 3.50. The molecular formula is C30H27BrN2O3S. The first kappa shape index (κ1) is 26.4. The molecule has 0 saturated heterocycles. The van der Waals surface area contributed by atoms with Gasteiger partial charge in [-0.15, -0.1) is 0 Å². The fraction of sp³-hybridized carbons (Fsp3) is 0.133. The lowest BCUT2D eigenvalue weighted by Crippen LogP contribution is -2.34. The molecule has 0 saturated carbocycles. The average Bonchev–Trinajstić information content (AvgIpc) is 2.91. The van der Waals surface area contributed by atoms with Crippen molar-refractivity contribution in [2.45, 2.75) is 12.8 Å². The van der Waals surface area contributed by atoms with E-state index < -0.39 is 0 Å². The van der Waals surface area contributed by atoms with Gasteiger partial charge >= 0.3 is 0 Å². The Morgan fingerprint density at radius 3 is 2.08 bits per heavy atom. The summed E-state index contributed by atoms with van der Waals surface area (Å²) >= 11 is 8.83. The van der Waals surface area contributed by atoms with Crippen molar-refractivity contribution in [3.05, 3.63) is 124 Å². The number of rotatable bonds is 10. The number of anilines is 1. The average molecular weight is 576 g/mol. The molecule has 2 N–H and O–H groups in total. The van der Waals surface area contributed by atoms with Gasteiger partial charge in [0.1, 0.15) is 11.5 Å². The largest absolute Gasteiger partial charge is 0.493 e. The first-order valence-corrected chi connectivity index (χ1v) is 13.1. The van der Waals surface area contributed by atoms with Crippen molar-refractivity contribution in [1.29, 1.82) is 0 Å². The Balaban J connectivity index is 1.31. The first-order chi connectivity index (χ1) is 18.1. The molecule has 4 aromatic carbocycles. The van der Waals surface area contributed by atoms with E-state index in [1.54, 1.807) is 12.1 Å². The number of carbonyl (C=O) groups excluding carboxylic acids is 1. The molecule has 4 aromatic rings. The Morgan fingerprint density at radius 1 is 0.757 bits per heavy atom. The standard InChI is InChI=1S/C30H27BrN2O3S/c31-24-14-15-28(36-19-17-23-10-5-2-6-11-23)27(20-24)29(34)33-30(37)32-25-12-7-13-26(21-25)35-18-16-22-8-3-1-4-9-22/h1-15,20-21H,16-19H2,(H2,32,33,34,37). The van der Waals surface area contributed by atoms with Crippen molar-refractivity contribution in [3.63, 3.8) is 0 Å². The molecule has 4 rings (SSSR count). The summed E-state index contributed by atoms with van der Waals surface area (Å²) < 4.78 is 12.6. The molecule has 0 aromatic heterocycles. The Kier molecular flexibility index (Phi) is 9.68. The lowest BCUT2D eigenvalue weighted by atomic mass is 10.1. The third-order valence-electron chi connectivity index (χ3n) is 5.50. The van der Waals surface area contributed by atoms with Crippen LogP contribution in [0.25, 0.3) is 0 Å². The normalized spacial score (nSPS) is 10.4. The highest BCUT2D eigenvalue weighted by Gasteiger charge is 2.15. The lowest BCUT2D eigenvalue weighted by molar-refractivity contribution is 0.0973. The van der Waals surface area contributed by atoms with Crippen molar-refractivity contribution >= 4 is 44.9 Å². The Labute approximate surface area is 231 Å². The summed E-state index contributed by atoms with van der Waals surface area (Å²) in [6, 6.07) is 33.1. The SMILES string of the molecule is O=C(NC(=S)Nc1cccc(OCCc2ccccc2)c1)c1cc(Br)ccc1OCCc1ccccc1. The quantitative estimate of drug-likeness (QED) is 0.203. The molecule has 0 spiro atoms. The first-order valence-electron chi connectivity index (χ1n) is 11.9. The van der Waals surface area contributed by atoms with Gasteiger partial charge in [-0.05, 0) is 53.7 Å². The second-order valence-corrected chi connectivity index (χ2v) is 9.57.